The maximum absolute atomic E-state index is 11.6. The predicted octanol–water partition coefficient (Wildman–Crippen LogP) is 4.42. The average Bonchev–Trinajstić information content (AvgIpc) is 2.54. The van der Waals surface area contributed by atoms with Crippen molar-refractivity contribution in [1.82, 2.24) is 10.6 Å². The lowest BCUT2D eigenvalue weighted by Gasteiger charge is -2.05. The Morgan fingerprint density at radius 2 is 1.57 bits per heavy atom. The second-order valence-corrected chi connectivity index (χ2v) is 7.98. The number of allylic oxidation sites excluding steroid dienone is 1. The van der Waals surface area contributed by atoms with E-state index >= 15 is 0 Å². The highest BCUT2D eigenvalue weighted by Gasteiger charge is 2.02. The van der Waals surface area contributed by atoms with Crippen molar-refractivity contribution in [3.8, 4) is 0 Å². The predicted molar refractivity (Wildman–Crippen MR) is 108 cm³/mol. The van der Waals surface area contributed by atoms with Crippen molar-refractivity contribution in [3.63, 3.8) is 0 Å². The zero-order valence-corrected chi connectivity index (χ0v) is 16.2. The van der Waals surface area contributed by atoms with Crippen LogP contribution in [0.4, 0.5) is 0 Å². The van der Waals surface area contributed by atoms with Gasteiger partial charge in [0.2, 0.25) is 11.8 Å². The summed E-state index contributed by atoms with van der Waals surface area (Å²) in [6, 6.07) is 0. The Labute approximate surface area is 152 Å². The van der Waals surface area contributed by atoms with Crippen LogP contribution in [0.15, 0.2) is 12.2 Å². The minimum absolute atomic E-state index is 0. The minimum atomic E-state index is 0. The van der Waals surface area contributed by atoms with E-state index in [1.54, 1.807) is 21.6 Å². The first-order chi connectivity index (χ1) is 11.2. The van der Waals surface area contributed by atoms with Gasteiger partial charge >= 0.3 is 0 Å². The summed E-state index contributed by atoms with van der Waals surface area (Å²) in [5.74, 6) is 1.80. The molecule has 0 aromatic heterocycles. The fourth-order valence-corrected chi connectivity index (χ4v) is 3.79. The number of carbonyl (C=O) groups is 2. The van der Waals surface area contributed by atoms with Gasteiger partial charge in [-0.15, -0.1) is 0 Å². The Kier molecular flexibility index (Phi) is 17.3. The molecular formula is C17H36N2O2S2. The van der Waals surface area contributed by atoms with Crippen LogP contribution in [0.3, 0.4) is 0 Å². The maximum atomic E-state index is 11.6. The molecule has 0 radical (unpaired) electrons. The van der Waals surface area contributed by atoms with Gasteiger partial charge in [-0.2, -0.15) is 0 Å². The number of amides is 2. The van der Waals surface area contributed by atoms with Gasteiger partial charge in [-0.05, 0) is 13.3 Å². The first kappa shape index (κ1) is 22.4. The summed E-state index contributed by atoms with van der Waals surface area (Å²) in [5.41, 5.74) is 0. The molecule has 0 rings (SSSR count). The summed E-state index contributed by atoms with van der Waals surface area (Å²) in [7, 11) is 3.32. The van der Waals surface area contributed by atoms with Crippen molar-refractivity contribution < 1.29 is 12.4 Å². The molecule has 6 heteroatoms. The van der Waals surface area contributed by atoms with Gasteiger partial charge in [0.25, 0.3) is 0 Å². The molecule has 0 fully saturated rings. The zero-order valence-electron chi connectivity index (χ0n) is 14.6. The highest BCUT2D eigenvalue weighted by atomic mass is 33.1. The van der Waals surface area contributed by atoms with Gasteiger partial charge in [0.1, 0.15) is 0 Å². The molecule has 4 nitrogen and oxygen atoms in total. The summed E-state index contributed by atoms with van der Waals surface area (Å²) in [6.45, 7) is 5.54. The van der Waals surface area contributed by atoms with E-state index in [9.17, 15) is 9.59 Å². The van der Waals surface area contributed by atoms with Crippen LogP contribution in [0.5, 0.6) is 0 Å². The highest BCUT2D eigenvalue weighted by molar-refractivity contribution is 8.76. The van der Waals surface area contributed by atoms with E-state index in [1.807, 2.05) is 19.1 Å². The normalized spacial score (nSPS) is 10.9. The van der Waals surface area contributed by atoms with Crippen molar-refractivity contribution in [2.24, 2.45) is 0 Å². The molecule has 0 aromatic rings. The first-order valence-electron chi connectivity index (χ1n) is 8.59. The second-order valence-electron chi connectivity index (χ2n) is 5.28. The van der Waals surface area contributed by atoms with Crippen molar-refractivity contribution in [2.75, 3.05) is 24.6 Å². The van der Waals surface area contributed by atoms with Gasteiger partial charge in [-0.1, -0.05) is 66.3 Å². The van der Waals surface area contributed by atoms with Crippen molar-refractivity contribution in [3.05, 3.63) is 12.2 Å². The van der Waals surface area contributed by atoms with Gasteiger partial charge < -0.3 is 10.6 Å². The van der Waals surface area contributed by atoms with Crippen molar-refractivity contribution in [1.29, 1.82) is 0 Å². The van der Waals surface area contributed by atoms with Gasteiger partial charge in [-0.3, -0.25) is 9.59 Å². The van der Waals surface area contributed by atoms with E-state index in [-0.39, 0.29) is 14.7 Å². The maximum Gasteiger partial charge on any atom is 0.221 e. The molecule has 0 heterocycles. The second kappa shape index (κ2) is 17.7. The summed E-state index contributed by atoms with van der Waals surface area (Å²) in [6.07, 6.45) is 11.0. The van der Waals surface area contributed by atoms with Crippen molar-refractivity contribution in [2.45, 2.75) is 58.8 Å². The molecular weight excluding hydrogens is 328 g/mol. The Morgan fingerprint density at radius 3 is 2.17 bits per heavy atom. The molecule has 23 heavy (non-hydrogen) atoms. The molecule has 0 aliphatic heterocycles. The van der Waals surface area contributed by atoms with Crippen LogP contribution >= 0.6 is 21.6 Å². The zero-order chi connectivity index (χ0) is 17.2. The molecule has 0 aliphatic rings. The largest absolute Gasteiger partial charge is 0.356 e. The van der Waals surface area contributed by atoms with Crippen LogP contribution in [-0.4, -0.2) is 36.4 Å². The smallest absolute Gasteiger partial charge is 0.221 e. The fourth-order valence-electron chi connectivity index (χ4n) is 1.81. The summed E-state index contributed by atoms with van der Waals surface area (Å²) >= 11 is 0. The molecule has 0 spiro atoms. The molecule has 0 bridgehead atoms. The topological polar surface area (TPSA) is 58.2 Å². The first-order valence-corrected chi connectivity index (χ1v) is 11.1. The van der Waals surface area contributed by atoms with Crippen molar-refractivity contribution >= 4 is 33.4 Å². The van der Waals surface area contributed by atoms with E-state index in [2.05, 4.69) is 17.6 Å². The van der Waals surface area contributed by atoms with Crippen LogP contribution in [0.2, 0.25) is 0 Å². The molecule has 0 aromatic carbocycles. The Morgan fingerprint density at radius 1 is 0.957 bits per heavy atom. The minimum Gasteiger partial charge on any atom is -0.356 e. The Balaban J connectivity index is -0.00000242. The van der Waals surface area contributed by atoms with Gasteiger partial charge in [0.15, 0.2) is 0 Å². The van der Waals surface area contributed by atoms with E-state index in [0.29, 0.717) is 19.4 Å². The van der Waals surface area contributed by atoms with Gasteiger partial charge in [0.05, 0.1) is 0 Å². The lowest BCUT2D eigenvalue weighted by molar-refractivity contribution is -0.121. The monoisotopic (exact) mass is 364 g/mol. The summed E-state index contributed by atoms with van der Waals surface area (Å²) in [4.78, 5) is 23.1. The van der Waals surface area contributed by atoms with E-state index in [1.165, 1.54) is 25.7 Å². The molecule has 0 saturated carbocycles. The number of carbonyl (C=O) groups excluding carboxylic acids is 2. The van der Waals surface area contributed by atoms with E-state index in [4.69, 9.17) is 0 Å². The third-order valence-corrected chi connectivity index (χ3v) is 5.57. The third-order valence-electron chi connectivity index (χ3n) is 3.16. The third kappa shape index (κ3) is 17.6. The Bertz CT molecular complexity index is 347. The molecule has 0 aliphatic carbocycles. The van der Waals surface area contributed by atoms with E-state index < -0.39 is 0 Å². The SMILES string of the molecule is C/C=C/CNC(=O)CCSSCCC(=O)NCCCCCCC.[HH].[HH]. The van der Waals surface area contributed by atoms with Crippen LogP contribution in [0.1, 0.15) is 61.6 Å². The summed E-state index contributed by atoms with van der Waals surface area (Å²) < 4.78 is 0. The average molecular weight is 365 g/mol. The number of rotatable bonds is 15. The van der Waals surface area contributed by atoms with Crippen LogP contribution in [0, 0.1) is 0 Å². The van der Waals surface area contributed by atoms with E-state index in [0.717, 1.165) is 24.5 Å². The number of nitrogens with one attached hydrogen (secondary N) is 2. The number of unbranched alkanes of at least 4 members (excludes halogenated alkanes) is 4. The molecule has 0 saturated heterocycles. The Hall–Kier alpha value is -0.620. The van der Waals surface area contributed by atoms with Gasteiger partial charge in [0, 0.05) is 40.3 Å². The number of hydrogen-bond acceptors (Lipinski definition) is 4. The standard InChI is InChI=1S/C17H32N2O2S2.2H2/c1-3-5-7-8-9-13-19-17(21)11-15-23-22-14-10-16(20)18-12-6-4-2;;/h4,6H,3,5,7-15H2,1-2H3,(H,18,20)(H,19,21);2*1H/b6-4+;;. The molecule has 0 unspecified atom stereocenters. The lowest BCUT2D eigenvalue weighted by Crippen LogP contribution is -2.24. The van der Waals surface area contributed by atoms with Crippen LogP contribution < -0.4 is 10.6 Å². The molecule has 138 valence electrons. The van der Waals surface area contributed by atoms with Crippen LogP contribution in [0.25, 0.3) is 0 Å². The van der Waals surface area contributed by atoms with Gasteiger partial charge in [-0.25, -0.2) is 0 Å². The number of hydrogen-bond donors (Lipinski definition) is 2. The quantitative estimate of drug-likeness (QED) is 0.256. The fraction of sp³-hybridized carbons (Fsp3) is 0.765. The molecule has 2 amide bonds. The van der Waals surface area contributed by atoms with Crippen LogP contribution in [-0.2, 0) is 9.59 Å². The highest BCUT2D eigenvalue weighted by Crippen LogP contribution is 2.22. The molecule has 2 N–H and O–H groups in total. The summed E-state index contributed by atoms with van der Waals surface area (Å²) in [5, 5.41) is 5.79. The molecule has 0 atom stereocenters. The lowest BCUT2D eigenvalue weighted by atomic mass is 10.1.